The monoisotopic (exact) mass is 260 g/mol. The molecule has 0 unspecified atom stereocenters. The quantitative estimate of drug-likeness (QED) is 0.751. The summed E-state index contributed by atoms with van der Waals surface area (Å²) in [4.78, 5) is 24.6. The van der Waals surface area contributed by atoms with Gasteiger partial charge in [0.2, 0.25) is 0 Å². The summed E-state index contributed by atoms with van der Waals surface area (Å²) in [5.41, 5.74) is -0.540. The van der Waals surface area contributed by atoms with Crippen LogP contribution in [-0.2, 0) is 9.53 Å². The summed E-state index contributed by atoms with van der Waals surface area (Å²) >= 11 is 0. The van der Waals surface area contributed by atoms with Gasteiger partial charge in [-0.15, -0.1) is 0 Å². The van der Waals surface area contributed by atoms with E-state index < -0.39 is 17.4 Å². The molecule has 18 heavy (non-hydrogen) atoms. The molecule has 0 saturated carbocycles. The third-order valence-electron chi connectivity index (χ3n) is 2.62. The van der Waals surface area contributed by atoms with E-state index in [0.717, 1.165) is 0 Å². The van der Waals surface area contributed by atoms with Gasteiger partial charge in [0.15, 0.2) is 0 Å². The van der Waals surface area contributed by atoms with Gasteiger partial charge in [0.25, 0.3) is 0 Å². The van der Waals surface area contributed by atoms with Gasteiger partial charge in [0.05, 0.1) is 6.61 Å². The van der Waals surface area contributed by atoms with E-state index in [1.54, 1.807) is 27.9 Å². The molecule has 0 aliphatic carbocycles. The third kappa shape index (κ3) is 5.35. The van der Waals surface area contributed by atoms with Crippen LogP contribution in [0.5, 0.6) is 0 Å². The van der Waals surface area contributed by atoms with Gasteiger partial charge >= 0.3 is 12.0 Å². The predicted molar refractivity (Wildman–Crippen MR) is 68.5 cm³/mol. The van der Waals surface area contributed by atoms with Crippen LogP contribution in [0.15, 0.2) is 0 Å². The molecule has 0 radical (unpaired) electrons. The highest BCUT2D eigenvalue weighted by Gasteiger charge is 2.33. The molecule has 0 spiro atoms. The molecule has 6 heteroatoms. The van der Waals surface area contributed by atoms with Gasteiger partial charge in [-0.1, -0.05) is 20.8 Å². The Labute approximate surface area is 108 Å². The number of hydrogen-bond donors (Lipinski definition) is 2. The van der Waals surface area contributed by atoms with Crippen molar-refractivity contribution in [1.82, 2.24) is 10.2 Å². The first-order valence-electron chi connectivity index (χ1n) is 6.01. The van der Waals surface area contributed by atoms with Crippen LogP contribution in [0.1, 0.15) is 27.7 Å². The number of carbonyl (C=O) groups excluding carboxylic acids is 1. The second kappa shape index (κ2) is 7.20. The van der Waals surface area contributed by atoms with Crippen LogP contribution in [-0.4, -0.2) is 54.9 Å². The van der Waals surface area contributed by atoms with E-state index in [4.69, 9.17) is 9.84 Å². The highest BCUT2D eigenvalue weighted by Crippen LogP contribution is 2.19. The Morgan fingerprint density at radius 1 is 1.39 bits per heavy atom. The lowest BCUT2D eigenvalue weighted by molar-refractivity contribution is -0.142. The molecule has 0 aliphatic heterocycles. The van der Waals surface area contributed by atoms with Gasteiger partial charge in [0.1, 0.15) is 6.04 Å². The smallest absolute Gasteiger partial charge is 0.326 e. The Morgan fingerprint density at radius 2 is 1.94 bits per heavy atom. The van der Waals surface area contributed by atoms with Crippen molar-refractivity contribution in [3.05, 3.63) is 0 Å². The number of methoxy groups -OCH3 is 1. The standard InChI is InChI=1S/C12H24N2O4/c1-6-14(7-8-18-5)11(17)13-9(10(15)16)12(2,3)4/h9H,6-8H2,1-5H3,(H,13,17)(H,15,16)/t9-/m1/s1. The number of rotatable bonds is 6. The highest BCUT2D eigenvalue weighted by atomic mass is 16.5. The number of amides is 2. The van der Waals surface area contributed by atoms with Crippen molar-refractivity contribution in [2.45, 2.75) is 33.7 Å². The molecule has 0 aromatic heterocycles. The van der Waals surface area contributed by atoms with Gasteiger partial charge in [0, 0.05) is 20.2 Å². The third-order valence-corrected chi connectivity index (χ3v) is 2.62. The fraction of sp³-hybridized carbons (Fsp3) is 0.833. The minimum Gasteiger partial charge on any atom is -0.480 e. The van der Waals surface area contributed by atoms with Crippen molar-refractivity contribution >= 4 is 12.0 Å². The zero-order valence-electron chi connectivity index (χ0n) is 11.8. The second-order valence-corrected chi connectivity index (χ2v) is 5.16. The number of ether oxygens (including phenoxy) is 1. The van der Waals surface area contributed by atoms with Crippen molar-refractivity contribution in [3.8, 4) is 0 Å². The fourth-order valence-electron chi connectivity index (χ4n) is 1.47. The summed E-state index contributed by atoms with van der Waals surface area (Å²) in [6, 6.07) is -1.29. The molecule has 0 aliphatic rings. The molecular weight excluding hydrogens is 236 g/mol. The van der Waals surface area contributed by atoms with E-state index >= 15 is 0 Å². The van der Waals surface area contributed by atoms with Crippen molar-refractivity contribution in [1.29, 1.82) is 0 Å². The highest BCUT2D eigenvalue weighted by molar-refractivity contribution is 5.83. The van der Waals surface area contributed by atoms with Crippen LogP contribution >= 0.6 is 0 Å². The molecule has 0 fully saturated rings. The molecule has 0 heterocycles. The van der Waals surface area contributed by atoms with Crippen molar-refractivity contribution in [3.63, 3.8) is 0 Å². The number of nitrogens with zero attached hydrogens (tertiary/aromatic N) is 1. The van der Waals surface area contributed by atoms with Crippen molar-refractivity contribution in [2.24, 2.45) is 5.41 Å². The van der Waals surface area contributed by atoms with Crippen molar-refractivity contribution in [2.75, 3.05) is 26.8 Å². The van der Waals surface area contributed by atoms with Gasteiger partial charge in [-0.2, -0.15) is 0 Å². The second-order valence-electron chi connectivity index (χ2n) is 5.16. The molecule has 1 atom stereocenters. The Kier molecular flexibility index (Phi) is 6.68. The van der Waals surface area contributed by atoms with Gasteiger partial charge in [-0.25, -0.2) is 9.59 Å². The molecule has 0 aromatic rings. The number of nitrogens with one attached hydrogen (secondary N) is 1. The Morgan fingerprint density at radius 3 is 2.28 bits per heavy atom. The van der Waals surface area contributed by atoms with E-state index in [0.29, 0.717) is 19.7 Å². The van der Waals surface area contributed by atoms with Crippen LogP contribution in [0, 0.1) is 5.41 Å². The first kappa shape index (κ1) is 16.7. The molecule has 0 aromatic carbocycles. The number of carboxylic acid groups (broad SMARTS) is 1. The Balaban J connectivity index is 4.62. The Bertz CT molecular complexity index is 286. The van der Waals surface area contributed by atoms with E-state index in [1.807, 2.05) is 6.92 Å². The first-order chi connectivity index (χ1) is 8.23. The maximum absolute atomic E-state index is 11.9. The van der Waals surface area contributed by atoms with Crippen molar-refractivity contribution < 1.29 is 19.4 Å². The average molecular weight is 260 g/mol. The van der Waals surface area contributed by atoms with Crippen LogP contribution in [0.3, 0.4) is 0 Å². The van der Waals surface area contributed by atoms with Crippen LogP contribution in [0.25, 0.3) is 0 Å². The average Bonchev–Trinajstić information content (AvgIpc) is 2.24. The first-order valence-corrected chi connectivity index (χ1v) is 6.01. The van der Waals surface area contributed by atoms with E-state index in [1.165, 1.54) is 4.90 Å². The van der Waals surface area contributed by atoms with Crippen LogP contribution in [0.4, 0.5) is 4.79 Å². The molecular formula is C12H24N2O4. The summed E-state index contributed by atoms with van der Waals surface area (Å²) in [6.45, 7) is 8.53. The fourth-order valence-corrected chi connectivity index (χ4v) is 1.47. The number of carbonyl (C=O) groups is 2. The van der Waals surface area contributed by atoms with E-state index in [9.17, 15) is 9.59 Å². The summed E-state index contributed by atoms with van der Waals surface area (Å²) in [7, 11) is 1.56. The number of carboxylic acids is 1. The molecule has 0 bridgehead atoms. The number of likely N-dealkylation sites (N-methyl/N-ethyl adjacent to an activating group) is 1. The summed E-state index contributed by atoms with van der Waals surface area (Å²) in [6.07, 6.45) is 0. The summed E-state index contributed by atoms with van der Waals surface area (Å²) in [5.74, 6) is -1.03. The van der Waals surface area contributed by atoms with E-state index in [-0.39, 0.29) is 6.03 Å². The van der Waals surface area contributed by atoms with Crippen LogP contribution < -0.4 is 5.32 Å². The zero-order chi connectivity index (χ0) is 14.3. The number of aliphatic carboxylic acids is 1. The lowest BCUT2D eigenvalue weighted by atomic mass is 9.87. The van der Waals surface area contributed by atoms with Crippen LogP contribution in [0.2, 0.25) is 0 Å². The number of hydrogen-bond acceptors (Lipinski definition) is 3. The SMILES string of the molecule is CCN(CCOC)C(=O)N[C@H](C(=O)O)C(C)(C)C. The largest absolute Gasteiger partial charge is 0.480 e. The maximum atomic E-state index is 11.9. The van der Waals surface area contributed by atoms with Gasteiger partial charge in [-0.3, -0.25) is 0 Å². The lowest BCUT2D eigenvalue weighted by Crippen LogP contribution is -2.53. The topological polar surface area (TPSA) is 78.9 Å². The molecule has 6 nitrogen and oxygen atoms in total. The minimum atomic E-state index is -1.03. The molecule has 106 valence electrons. The maximum Gasteiger partial charge on any atom is 0.326 e. The molecule has 2 amide bonds. The Hall–Kier alpha value is -1.30. The molecule has 2 N–H and O–H groups in total. The normalized spacial score (nSPS) is 12.9. The summed E-state index contributed by atoms with van der Waals surface area (Å²) in [5, 5.41) is 11.7. The molecule has 0 saturated heterocycles. The zero-order valence-corrected chi connectivity index (χ0v) is 11.8. The van der Waals surface area contributed by atoms with E-state index in [2.05, 4.69) is 5.32 Å². The van der Waals surface area contributed by atoms with Gasteiger partial charge < -0.3 is 20.1 Å². The minimum absolute atomic E-state index is 0.378. The predicted octanol–water partition coefficient (Wildman–Crippen LogP) is 1.16. The summed E-state index contributed by atoms with van der Waals surface area (Å²) < 4.78 is 4.91. The number of urea groups is 1. The lowest BCUT2D eigenvalue weighted by Gasteiger charge is -2.30. The van der Waals surface area contributed by atoms with Gasteiger partial charge in [-0.05, 0) is 12.3 Å². The molecule has 0 rings (SSSR count).